The summed E-state index contributed by atoms with van der Waals surface area (Å²) in [6.07, 6.45) is -3.43. The average Bonchev–Trinajstić information content (AvgIpc) is 2.69. The lowest BCUT2D eigenvalue weighted by Gasteiger charge is -2.32. The van der Waals surface area contributed by atoms with Crippen molar-refractivity contribution in [1.82, 2.24) is 4.31 Å². The monoisotopic (exact) mass is 441 g/mol. The van der Waals surface area contributed by atoms with E-state index in [1.165, 1.54) is 28.6 Å². The fourth-order valence-corrected chi connectivity index (χ4v) is 5.26. The van der Waals surface area contributed by atoms with Crippen LogP contribution in [0.3, 0.4) is 0 Å². The van der Waals surface area contributed by atoms with E-state index in [0.29, 0.717) is 36.1 Å². The molecule has 0 saturated carbocycles. The summed E-state index contributed by atoms with van der Waals surface area (Å²) in [5, 5.41) is 9.03. The van der Waals surface area contributed by atoms with Crippen LogP contribution in [0.5, 0.6) is 0 Å². The predicted molar refractivity (Wildman–Crippen MR) is 105 cm³/mol. The quantitative estimate of drug-likeness (QED) is 0.754. The predicted octanol–water partition coefficient (Wildman–Crippen LogP) is 4.21. The Balaban J connectivity index is 1.83. The maximum Gasteiger partial charge on any atom is 0.416 e. The Kier molecular flexibility index (Phi) is 6.24. The molecule has 0 bridgehead atoms. The first-order chi connectivity index (χ1) is 14.0. The molecule has 1 N–H and O–H groups in total. The molecule has 9 heteroatoms. The summed E-state index contributed by atoms with van der Waals surface area (Å²) >= 11 is 0. The van der Waals surface area contributed by atoms with Crippen LogP contribution in [-0.4, -0.2) is 36.9 Å². The van der Waals surface area contributed by atoms with Crippen molar-refractivity contribution in [3.05, 3.63) is 64.7 Å². The molecule has 2 aromatic rings. The van der Waals surface area contributed by atoms with Gasteiger partial charge in [0, 0.05) is 13.1 Å². The molecule has 1 unspecified atom stereocenters. The molecule has 0 aliphatic carbocycles. The molecule has 0 spiro atoms. The molecule has 162 valence electrons. The Labute approximate surface area is 173 Å². The number of aliphatic carboxylic acids is 1. The molecule has 5 nitrogen and oxygen atoms in total. The minimum Gasteiger partial charge on any atom is -0.481 e. The van der Waals surface area contributed by atoms with Crippen LogP contribution in [0.1, 0.15) is 41.0 Å². The molecule has 30 heavy (non-hydrogen) atoms. The highest BCUT2D eigenvalue weighted by atomic mass is 32.2. The second-order valence-corrected chi connectivity index (χ2v) is 9.42. The van der Waals surface area contributed by atoms with Gasteiger partial charge in [-0.3, -0.25) is 4.79 Å². The van der Waals surface area contributed by atoms with E-state index in [1.807, 2.05) is 0 Å². The number of hydrogen-bond donors (Lipinski definition) is 1. The average molecular weight is 441 g/mol. The van der Waals surface area contributed by atoms with E-state index in [2.05, 4.69) is 0 Å². The first kappa shape index (κ1) is 22.3. The lowest BCUT2D eigenvalue weighted by Crippen LogP contribution is -2.39. The summed E-state index contributed by atoms with van der Waals surface area (Å²) in [6, 6.07) is 9.27. The molecular weight excluding hydrogens is 419 g/mol. The summed E-state index contributed by atoms with van der Waals surface area (Å²) in [4.78, 5) is 11.1. The number of benzene rings is 2. The third-order valence-corrected chi connectivity index (χ3v) is 7.25. The molecule has 0 amide bonds. The van der Waals surface area contributed by atoms with Crippen LogP contribution < -0.4 is 0 Å². The second-order valence-electron chi connectivity index (χ2n) is 7.48. The van der Waals surface area contributed by atoms with Crippen LogP contribution in [0.15, 0.2) is 47.4 Å². The molecule has 1 atom stereocenters. The first-order valence-corrected chi connectivity index (χ1v) is 10.9. The van der Waals surface area contributed by atoms with Crippen molar-refractivity contribution in [3.63, 3.8) is 0 Å². The van der Waals surface area contributed by atoms with Crippen LogP contribution in [0.2, 0.25) is 0 Å². The van der Waals surface area contributed by atoms with Crippen molar-refractivity contribution in [1.29, 1.82) is 0 Å². The normalized spacial score (nSPS) is 18.3. The molecule has 1 aliphatic rings. The summed E-state index contributed by atoms with van der Waals surface area (Å²) in [5.74, 6) is -1.26. The van der Waals surface area contributed by atoms with Gasteiger partial charge >= 0.3 is 12.1 Å². The van der Waals surface area contributed by atoms with Gasteiger partial charge in [0.15, 0.2) is 0 Å². The van der Waals surface area contributed by atoms with Crippen LogP contribution in [-0.2, 0) is 27.4 Å². The number of nitrogens with zero attached hydrogens (tertiary/aromatic N) is 1. The Morgan fingerprint density at radius 1 is 1.17 bits per heavy atom. The van der Waals surface area contributed by atoms with Crippen molar-refractivity contribution in [3.8, 4) is 0 Å². The van der Waals surface area contributed by atoms with Gasteiger partial charge in [-0.15, -0.1) is 0 Å². The number of rotatable bonds is 5. The number of hydrogen-bond acceptors (Lipinski definition) is 3. The number of alkyl halides is 3. The number of aryl methyl sites for hydroxylation is 1. The summed E-state index contributed by atoms with van der Waals surface area (Å²) in [7, 11) is -3.85. The van der Waals surface area contributed by atoms with Crippen molar-refractivity contribution in [2.45, 2.75) is 43.2 Å². The van der Waals surface area contributed by atoms with Crippen molar-refractivity contribution in [2.24, 2.45) is 0 Å². The molecule has 0 radical (unpaired) electrons. The minimum absolute atomic E-state index is 0.0254. The molecule has 1 saturated heterocycles. The van der Waals surface area contributed by atoms with Gasteiger partial charge in [-0.05, 0) is 66.6 Å². The molecule has 1 aliphatic heterocycles. The third kappa shape index (κ3) is 4.84. The summed E-state index contributed by atoms with van der Waals surface area (Å²) < 4.78 is 65.9. The third-order valence-electron chi connectivity index (χ3n) is 5.39. The second kappa shape index (κ2) is 8.39. The fraction of sp³-hybridized carbons (Fsp3) is 0.381. The zero-order valence-electron chi connectivity index (χ0n) is 16.3. The van der Waals surface area contributed by atoms with Gasteiger partial charge in [-0.1, -0.05) is 18.2 Å². The number of sulfonamides is 1. The van der Waals surface area contributed by atoms with Crippen LogP contribution in [0.25, 0.3) is 0 Å². The van der Waals surface area contributed by atoms with E-state index < -0.39 is 27.7 Å². The van der Waals surface area contributed by atoms with Gasteiger partial charge in [0.1, 0.15) is 0 Å². The van der Waals surface area contributed by atoms with Gasteiger partial charge in [-0.2, -0.15) is 17.5 Å². The zero-order valence-corrected chi connectivity index (χ0v) is 17.1. The molecular formula is C21H22F3NO4S. The Morgan fingerprint density at radius 3 is 2.43 bits per heavy atom. The topological polar surface area (TPSA) is 74.7 Å². The fourth-order valence-electron chi connectivity index (χ4n) is 3.69. The molecule has 2 aromatic carbocycles. The highest BCUT2D eigenvalue weighted by Crippen LogP contribution is 2.34. The number of carboxylic acids is 1. The largest absolute Gasteiger partial charge is 0.481 e. The lowest BCUT2D eigenvalue weighted by atomic mass is 9.91. The molecule has 1 fully saturated rings. The molecule has 0 aromatic heterocycles. The highest BCUT2D eigenvalue weighted by Gasteiger charge is 2.33. The maximum atomic E-state index is 13.1. The minimum atomic E-state index is -4.42. The van der Waals surface area contributed by atoms with Crippen LogP contribution >= 0.6 is 0 Å². The van der Waals surface area contributed by atoms with E-state index in [0.717, 1.165) is 12.1 Å². The Hall–Kier alpha value is -2.39. The summed E-state index contributed by atoms with van der Waals surface area (Å²) in [5.41, 5.74) is 1.05. The van der Waals surface area contributed by atoms with E-state index in [-0.39, 0.29) is 23.8 Å². The highest BCUT2D eigenvalue weighted by molar-refractivity contribution is 7.89. The van der Waals surface area contributed by atoms with Gasteiger partial charge < -0.3 is 5.11 Å². The van der Waals surface area contributed by atoms with Crippen molar-refractivity contribution >= 4 is 16.0 Å². The Morgan fingerprint density at radius 2 is 1.83 bits per heavy atom. The van der Waals surface area contributed by atoms with E-state index in [4.69, 9.17) is 5.11 Å². The van der Waals surface area contributed by atoms with E-state index >= 15 is 0 Å². The number of piperidine rings is 1. The van der Waals surface area contributed by atoms with Crippen molar-refractivity contribution < 1.29 is 31.5 Å². The Bertz CT molecular complexity index is 1030. The zero-order chi connectivity index (χ0) is 22.1. The number of carboxylic acid groups (broad SMARTS) is 1. The van der Waals surface area contributed by atoms with E-state index in [9.17, 15) is 26.4 Å². The number of halogens is 3. The van der Waals surface area contributed by atoms with Gasteiger partial charge in [0.05, 0.1) is 16.9 Å². The van der Waals surface area contributed by atoms with Gasteiger partial charge in [0.25, 0.3) is 0 Å². The van der Waals surface area contributed by atoms with Gasteiger partial charge in [0.2, 0.25) is 10.0 Å². The van der Waals surface area contributed by atoms with Crippen molar-refractivity contribution in [2.75, 3.05) is 13.1 Å². The standard InChI is InChI=1S/C21H22F3NO4S/c1-14-4-9-19(11-17(14)12-20(26)27)30(28,29)25-10-2-3-16(13-25)15-5-7-18(8-6-15)21(22,23)24/h4-9,11,16H,2-3,10,12-13H2,1H3,(H,26,27). The van der Waals surface area contributed by atoms with E-state index in [1.54, 1.807) is 13.0 Å². The van der Waals surface area contributed by atoms with Crippen LogP contribution in [0.4, 0.5) is 13.2 Å². The SMILES string of the molecule is Cc1ccc(S(=O)(=O)N2CCCC(c3ccc(C(F)(F)F)cc3)C2)cc1CC(=O)O. The molecule has 1 heterocycles. The summed E-state index contributed by atoms with van der Waals surface area (Å²) in [6.45, 7) is 2.19. The number of carbonyl (C=O) groups is 1. The maximum absolute atomic E-state index is 13.1. The van der Waals surface area contributed by atoms with Crippen LogP contribution in [0, 0.1) is 6.92 Å². The lowest BCUT2D eigenvalue weighted by molar-refractivity contribution is -0.138. The molecule has 3 rings (SSSR count). The van der Waals surface area contributed by atoms with Gasteiger partial charge in [-0.25, -0.2) is 8.42 Å². The first-order valence-electron chi connectivity index (χ1n) is 9.47. The smallest absolute Gasteiger partial charge is 0.416 e.